The molecule has 0 saturated carbocycles. The van der Waals surface area contributed by atoms with Gasteiger partial charge in [0.2, 0.25) is 5.60 Å². The Morgan fingerprint density at radius 1 is 1.26 bits per heavy atom. The Kier molecular flexibility index (Phi) is 6.14. The molecule has 0 spiro atoms. The number of esters is 1. The van der Waals surface area contributed by atoms with Gasteiger partial charge in [-0.15, -0.1) is 13.2 Å². The predicted octanol–water partition coefficient (Wildman–Crippen LogP) is 3.28. The number of methoxy groups -OCH3 is 1. The summed E-state index contributed by atoms with van der Waals surface area (Å²) in [6.07, 6.45) is -4.77. The van der Waals surface area contributed by atoms with Crippen molar-refractivity contribution in [1.82, 2.24) is 5.01 Å². The predicted molar refractivity (Wildman–Crippen MR) is 112 cm³/mol. The van der Waals surface area contributed by atoms with Gasteiger partial charge in [-0.1, -0.05) is 17.7 Å². The van der Waals surface area contributed by atoms with Gasteiger partial charge < -0.3 is 19.3 Å². The average molecular weight is 500 g/mol. The quantitative estimate of drug-likeness (QED) is 0.512. The van der Waals surface area contributed by atoms with Crippen LogP contribution in [0.1, 0.15) is 11.1 Å². The number of carbonyl (C=O) groups excluding carboxylic acids is 2. The minimum Gasteiger partial charge on any atom is -0.467 e. The summed E-state index contributed by atoms with van der Waals surface area (Å²) >= 11 is 6.07. The van der Waals surface area contributed by atoms with Crippen LogP contribution in [0, 0.1) is 0 Å². The molecule has 1 heterocycles. The number of aliphatic hydroxyl groups excluding tert-OH is 1. The van der Waals surface area contributed by atoms with Crippen molar-refractivity contribution in [1.29, 1.82) is 0 Å². The van der Waals surface area contributed by atoms with E-state index >= 15 is 0 Å². The summed E-state index contributed by atoms with van der Waals surface area (Å²) in [7, 11) is 1.20. The van der Waals surface area contributed by atoms with E-state index in [1.807, 2.05) is 0 Å². The number of aliphatic hydroxyl groups is 1. The van der Waals surface area contributed by atoms with E-state index < -0.39 is 43.2 Å². The summed E-state index contributed by atoms with van der Waals surface area (Å²) in [6.45, 7) is -1.26. The lowest BCUT2D eigenvalue weighted by Gasteiger charge is -2.36. The number of benzene rings is 2. The summed E-state index contributed by atoms with van der Waals surface area (Å²) in [6, 6.07) is 8.37. The molecule has 9 nitrogen and oxygen atoms in total. The first kappa shape index (κ1) is 23.8. The molecule has 0 bridgehead atoms. The van der Waals surface area contributed by atoms with Crippen molar-refractivity contribution in [3.05, 3.63) is 58.6 Å². The zero-order valence-electron chi connectivity index (χ0n) is 17.5. The number of nitrogens with zero attached hydrogens (tertiary/aromatic N) is 3. The third-order valence-electron chi connectivity index (χ3n) is 5.29. The molecule has 1 aliphatic heterocycles. The molecule has 1 atom stereocenters. The summed E-state index contributed by atoms with van der Waals surface area (Å²) < 4.78 is 51.7. The Hall–Kier alpha value is -3.35. The lowest BCUT2D eigenvalue weighted by atomic mass is 9.97. The fourth-order valence-electron chi connectivity index (χ4n) is 3.79. The fraction of sp³-hybridized carbons (Fsp3) is 0.286. The van der Waals surface area contributed by atoms with Crippen molar-refractivity contribution < 1.29 is 42.1 Å². The number of anilines is 1. The number of ether oxygens (including phenoxy) is 3. The van der Waals surface area contributed by atoms with E-state index in [4.69, 9.17) is 21.1 Å². The van der Waals surface area contributed by atoms with Gasteiger partial charge in [-0.05, 0) is 42.0 Å². The van der Waals surface area contributed by atoms with E-state index in [1.165, 1.54) is 19.2 Å². The first-order valence-electron chi connectivity index (χ1n) is 9.74. The maximum atomic E-state index is 13.1. The van der Waals surface area contributed by atoms with Crippen LogP contribution >= 0.6 is 11.6 Å². The third kappa shape index (κ3) is 4.27. The maximum absolute atomic E-state index is 13.1. The van der Waals surface area contributed by atoms with E-state index in [1.54, 1.807) is 18.2 Å². The molecule has 0 saturated heterocycles. The van der Waals surface area contributed by atoms with Gasteiger partial charge in [-0.25, -0.2) is 9.59 Å². The van der Waals surface area contributed by atoms with Crippen molar-refractivity contribution >= 4 is 35.0 Å². The Labute approximate surface area is 195 Å². The van der Waals surface area contributed by atoms with Crippen molar-refractivity contribution in [3.63, 3.8) is 0 Å². The molecular formula is C21H17ClF3N3O6. The topological polar surface area (TPSA) is 101 Å². The Balaban J connectivity index is 1.65. The molecule has 2 amide bonds. The number of rotatable bonds is 4. The lowest BCUT2D eigenvalue weighted by Crippen LogP contribution is -2.56. The molecule has 1 aliphatic carbocycles. The summed E-state index contributed by atoms with van der Waals surface area (Å²) in [5, 5.41) is 15.4. The fourth-order valence-corrected chi connectivity index (χ4v) is 3.99. The van der Waals surface area contributed by atoms with E-state index in [0.717, 1.165) is 22.0 Å². The van der Waals surface area contributed by atoms with E-state index in [9.17, 15) is 27.9 Å². The molecule has 0 aromatic heterocycles. The second-order valence-corrected chi connectivity index (χ2v) is 7.75. The van der Waals surface area contributed by atoms with Gasteiger partial charge in [-0.3, -0.25) is 4.90 Å². The first-order valence-corrected chi connectivity index (χ1v) is 10.1. The maximum Gasteiger partial charge on any atom is 0.573 e. The highest BCUT2D eigenvalue weighted by atomic mass is 35.5. The highest BCUT2D eigenvalue weighted by Gasteiger charge is 2.55. The van der Waals surface area contributed by atoms with Crippen LogP contribution in [-0.4, -0.2) is 60.4 Å². The molecule has 1 unspecified atom stereocenters. The van der Waals surface area contributed by atoms with Crippen LogP contribution in [0.3, 0.4) is 0 Å². The number of hydrazone groups is 1. The van der Waals surface area contributed by atoms with Gasteiger partial charge in [-0.2, -0.15) is 10.1 Å². The number of carbonyl (C=O) groups is 2. The largest absolute Gasteiger partial charge is 0.573 e. The normalized spacial score (nSPS) is 19.1. The first-order chi connectivity index (χ1) is 16.1. The van der Waals surface area contributed by atoms with Gasteiger partial charge in [0, 0.05) is 22.7 Å². The number of fused-ring (bicyclic) bond motifs is 3. The number of amides is 2. The van der Waals surface area contributed by atoms with Crippen LogP contribution in [0.2, 0.25) is 5.02 Å². The highest BCUT2D eigenvalue weighted by molar-refractivity contribution is 6.31. The zero-order chi connectivity index (χ0) is 24.7. The molecule has 13 heteroatoms. The van der Waals surface area contributed by atoms with Crippen LogP contribution in [-0.2, 0) is 20.7 Å². The minimum absolute atomic E-state index is 0.0747. The van der Waals surface area contributed by atoms with E-state index in [2.05, 4.69) is 9.84 Å². The molecule has 1 N–H and O–H groups in total. The summed E-state index contributed by atoms with van der Waals surface area (Å²) in [5.74, 6) is -1.20. The van der Waals surface area contributed by atoms with Gasteiger partial charge in [0.05, 0.1) is 7.11 Å². The van der Waals surface area contributed by atoms with Gasteiger partial charge >= 0.3 is 18.4 Å². The molecule has 2 aliphatic rings. The highest BCUT2D eigenvalue weighted by Crippen LogP contribution is 2.39. The SMILES string of the molecule is COC(=O)C12Cc3cc(Cl)ccc3C1=NN(C(=O)N(CO)c1ccc(OC(F)(F)F)cc1)CO2. The molecule has 0 fully saturated rings. The second-order valence-electron chi connectivity index (χ2n) is 7.31. The molecule has 0 radical (unpaired) electrons. The Morgan fingerprint density at radius 3 is 2.59 bits per heavy atom. The van der Waals surface area contributed by atoms with Crippen molar-refractivity contribution in [2.24, 2.45) is 5.10 Å². The van der Waals surface area contributed by atoms with Crippen LogP contribution in [0.15, 0.2) is 47.6 Å². The molecular weight excluding hydrogens is 483 g/mol. The molecule has 180 valence electrons. The number of halogens is 4. The Bertz CT molecular complexity index is 1160. The number of hydrogen-bond donors (Lipinski definition) is 1. The number of alkyl halides is 3. The Morgan fingerprint density at radius 2 is 1.97 bits per heavy atom. The summed E-state index contributed by atoms with van der Waals surface area (Å²) in [5.41, 5.74) is -0.149. The number of urea groups is 1. The second kappa shape index (κ2) is 8.78. The van der Waals surface area contributed by atoms with Crippen LogP contribution in [0.4, 0.5) is 23.7 Å². The summed E-state index contributed by atoms with van der Waals surface area (Å²) in [4.78, 5) is 26.6. The number of hydrogen-bond acceptors (Lipinski definition) is 7. The average Bonchev–Trinajstić information content (AvgIpc) is 3.12. The van der Waals surface area contributed by atoms with Crippen molar-refractivity contribution in [2.45, 2.75) is 18.4 Å². The third-order valence-corrected chi connectivity index (χ3v) is 5.52. The monoisotopic (exact) mass is 499 g/mol. The molecule has 34 heavy (non-hydrogen) atoms. The van der Waals surface area contributed by atoms with E-state index in [0.29, 0.717) is 16.1 Å². The molecule has 2 aromatic rings. The van der Waals surface area contributed by atoms with Gasteiger partial charge in [0.25, 0.3) is 0 Å². The van der Waals surface area contributed by atoms with Crippen molar-refractivity contribution in [3.8, 4) is 5.75 Å². The zero-order valence-corrected chi connectivity index (χ0v) is 18.3. The molecule has 4 rings (SSSR count). The minimum atomic E-state index is -4.87. The van der Waals surface area contributed by atoms with Gasteiger partial charge in [0.1, 0.15) is 24.9 Å². The van der Waals surface area contributed by atoms with Crippen LogP contribution in [0.5, 0.6) is 5.75 Å². The van der Waals surface area contributed by atoms with Crippen LogP contribution < -0.4 is 9.64 Å². The van der Waals surface area contributed by atoms with E-state index in [-0.39, 0.29) is 17.8 Å². The van der Waals surface area contributed by atoms with Crippen molar-refractivity contribution in [2.75, 3.05) is 25.5 Å². The lowest BCUT2D eigenvalue weighted by molar-refractivity contribution is -0.274. The van der Waals surface area contributed by atoms with Gasteiger partial charge in [0.15, 0.2) is 0 Å². The molecule has 2 aromatic carbocycles. The standard InChI is InChI=1S/C21H17ClF3N3O6/c1-32-18(30)20-9-12-8-13(22)2-7-16(12)17(20)26-28(11-33-20)19(31)27(10-29)14-3-5-15(6-4-14)34-21(23,24)25/h2-8,29H,9-11H2,1H3. The van der Waals surface area contributed by atoms with Crippen LogP contribution in [0.25, 0.3) is 0 Å². The smallest absolute Gasteiger partial charge is 0.467 e.